The van der Waals surface area contributed by atoms with E-state index in [1.54, 1.807) is 11.3 Å². The summed E-state index contributed by atoms with van der Waals surface area (Å²) < 4.78 is 0. The average molecular weight is 290 g/mol. The van der Waals surface area contributed by atoms with Crippen LogP contribution in [-0.4, -0.2) is 5.78 Å². The number of allylic oxidation sites excluding steroid dienone is 1. The number of hydrogen-bond donors (Lipinski definition) is 0. The molecule has 0 fully saturated rings. The van der Waals surface area contributed by atoms with Crippen LogP contribution in [0.5, 0.6) is 0 Å². The molecule has 1 nitrogen and oxygen atoms in total. The molecular weight excluding hydrogens is 276 g/mol. The van der Waals surface area contributed by atoms with Gasteiger partial charge in [-0.25, -0.2) is 0 Å². The summed E-state index contributed by atoms with van der Waals surface area (Å²) in [5, 5.41) is 2.02. The van der Waals surface area contributed by atoms with Crippen LogP contribution in [0.1, 0.15) is 20.8 Å². The molecule has 2 aromatic carbocycles. The second-order valence-electron chi connectivity index (χ2n) is 4.63. The molecule has 0 aliphatic carbocycles. The molecule has 1 aromatic heterocycles. The smallest absolute Gasteiger partial charge is 0.193 e. The van der Waals surface area contributed by atoms with Crippen LogP contribution in [0.4, 0.5) is 0 Å². The van der Waals surface area contributed by atoms with Crippen molar-refractivity contribution in [1.29, 1.82) is 0 Å². The molecule has 2 heteroatoms. The average Bonchev–Trinajstić information content (AvgIpc) is 3.07. The van der Waals surface area contributed by atoms with Gasteiger partial charge in [0.05, 0.1) is 0 Å². The van der Waals surface area contributed by atoms with Gasteiger partial charge in [-0.2, -0.15) is 0 Å². The summed E-state index contributed by atoms with van der Waals surface area (Å²) >= 11 is 1.63. The zero-order valence-electron chi connectivity index (χ0n) is 11.4. The first-order chi connectivity index (χ1) is 10.3. The third kappa shape index (κ3) is 3.18. The fourth-order valence-corrected chi connectivity index (χ4v) is 2.82. The Kier molecular flexibility index (Phi) is 4.08. The van der Waals surface area contributed by atoms with Crippen molar-refractivity contribution >= 4 is 28.8 Å². The first-order valence-corrected chi connectivity index (χ1v) is 7.63. The van der Waals surface area contributed by atoms with Crippen molar-refractivity contribution in [2.75, 3.05) is 0 Å². The molecule has 0 atom stereocenters. The quantitative estimate of drug-likeness (QED) is 0.478. The predicted molar refractivity (Wildman–Crippen MR) is 89.4 cm³/mol. The second-order valence-corrected chi connectivity index (χ2v) is 5.61. The van der Waals surface area contributed by atoms with Gasteiger partial charge in [0.1, 0.15) is 0 Å². The number of ketones is 1. The molecular formula is C19H14OS. The third-order valence-electron chi connectivity index (χ3n) is 3.20. The Hall–Kier alpha value is -2.45. The highest BCUT2D eigenvalue weighted by Crippen LogP contribution is 2.24. The van der Waals surface area contributed by atoms with Crippen LogP contribution < -0.4 is 0 Å². The van der Waals surface area contributed by atoms with E-state index in [2.05, 4.69) is 0 Å². The summed E-state index contributed by atoms with van der Waals surface area (Å²) in [6.45, 7) is 0. The lowest BCUT2D eigenvalue weighted by Crippen LogP contribution is -2.02. The summed E-state index contributed by atoms with van der Waals surface area (Å²) in [4.78, 5) is 13.9. The van der Waals surface area contributed by atoms with Crippen molar-refractivity contribution in [3.63, 3.8) is 0 Å². The Labute approximate surface area is 128 Å². The molecule has 1 heterocycles. The van der Waals surface area contributed by atoms with E-state index in [4.69, 9.17) is 0 Å². The van der Waals surface area contributed by atoms with Crippen molar-refractivity contribution < 1.29 is 4.79 Å². The van der Waals surface area contributed by atoms with Gasteiger partial charge in [0, 0.05) is 16.0 Å². The van der Waals surface area contributed by atoms with Gasteiger partial charge in [-0.15, -0.1) is 11.3 Å². The summed E-state index contributed by atoms with van der Waals surface area (Å²) in [6.07, 6.45) is 1.97. The first kappa shape index (κ1) is 13.5. The second kappa shape index (κ2) is 6.33. The summed E-state index contributed by atoms with van der Waals surface area (Å²) in [6, 6.07) is 23.2. The minimum Gasteiger partial charge on any atom is -0.289 e. The summed E-state index contributed by atoms with van der Waals surface area (Å²) in [7, 11) is 0. The molecule has 21 heavy (non-hydrogen) atoms. The van der Waals surface area contributed by atoms with E-state index in [0.717, 1.165) is 16.0 Å². The molecule has 3 aromatic rings. The SMILES string of the molecule is O=C(/C(=C/c1cccs1)c1ccccc1)c1ccccc1. The van der Waals surface area contributed by atoms with Crippen molar-refractivity contribution in [3.8, 4) is 0 Å². The van der Waals surface area contributed by atoms with E-state index in [0.29, 0.717) is 5.56 Å². The lowest BCUT2D eigenvalue weighted by Gasteiger charge is -2.07. The maximum absolute atomic E-state index is 12.8. The van der Waals surface area contributed by atoms with Crippen LogP contribution >= 0.6 is 11.3 Å². The van der Waals surface area contributed by atoms with Crippen LogP contribution in [-0.2, 0) is 0 Å². The molecule has 3 rings (SSSR count). The number of thiophene rings is 1. The molecule has 0 radical (unpaired) electrons. The van der Waals surface area contributed by atoms with Crippen molar-refractivity contribution in [2.24, 2.45) is 0 Å². The standard InChI is InChI=1S/C19H14OS/c20-19(16-10-5-2-6-11-16)18(14-17-12-7-13-21-17)15-8-3-1-4-9-15/h1-14H/b18-14+. The molecule has 0 N–H and O–H groups in total. The van der Waals surface area contributed by atoms with Crippen molar-refractivity contribution in [2.45, 2.75) is 0 Å². The Balaban J connectivity index is 2.07. The van der Waals surface area contributed by atoms with Crippen LogP contribution in [0.15, 0.2) is 78.2 Å². The largest absolute Gasteiger partial charge is 0.289 e. The van der Waals surface area contributed by atoms with Gasteiger partial charge in [-0.1, -0.05) is 66.7 Å². The van der Waals surface area contributed by atoms with E-state index < -0.39 is 0 Å². The number of hydrogen-bond acceptors (Lipinski definition) is 2. The van der Waals surface area contributed by atoms with Crippen LogP contribution in [0, 0.1) is 0 Å². The molecule has 0 saturated heterocycles. The predicted octanol–water partition coefficient (Wildman–Crippen LogP) is 5.17. The monoisotopic (exact) mass is 290 g/mol. The van der Waals surface area contributed by atoms with E-state index in [1.807, 2.05) is 84.3 Å². The number of Topliss-reactive ketones (excluding diaryl/α,β-unsaturated/α-hetero) is 1. The van der Waals surface area contributed by atoms with Gasteiger partial charge in [-0.3, -0.25) is 4.79 Å². The zero-order chi connectivity index (χ0) is 14.5. The molecule has 0 bridgehead atoms. The third-order valence-corrected chi connectivity index (χ3v) is 4.01. The molecule has 0 saturated carbocycles. The highest BCUT2D eigenvalue weighted by Gasteiger charge is 2.14. The Morgan fingerprint density at radius 3 is 1.95 bits per heavy atom. The minimum atomic E-state index is 0.0511. The Morgan fingerprint density at radius 2 is 1.38 bits per heavy atom. The topological polar surface area (TPSA) is 17.1 Å². The zero-order valence-corrected chi connectivity index (χ0v) is 12.2. The Bertz CT molecular complexity index is 741. The molecule has 0 aliphatic heterocycles. The lowest BCUT2D eigenvalue weighted by atomic mass is 9.96. The molecule has 0 aliphatic rings. The summed E-state index contributed by atoms with van der Waals surface area (Å²) in [5.41, 5.74) is 2.38. The van der Waals surface area contributed by atoms with Gasteiger partial charge < -0.3 is 0 Å². The van der Waals surface area contributed by atoms with Gasteiger partial charge in [-0.05, 0) is 23.1 Å². The van der Waals surface area contributed by atoms with E-state index >= 15 is 0 Å². The molecule has 0 unspecified atom stereocenters. The Morgan fingerprint density at radius 1 is 0.762 bits per heavy atom. The van der Waals surface area contributed by atoms with Crippen LogP contribution in [0.2, 0.25) is 0 Å². The molecule has 0 spiro atoms. The minimum absolute atomic E-state index is 0.0511. The van der Waals surface area contributed by atoms with Gasteiger partial charge in [0.2, 0.25) is 0 Å². The van der Waals surface area contributed by atoms with E-state index in [-0.39, 0.29) is 5.78 Å². The van der Waals surface area contributed by atoms with Crippen molar-refractivity contribution in [1.82, 2.24) is 0 Å². The fraction of sp³-hybridized carbons (Fsp3) is 0. The molecule has 0 amide bonds. The summed E-state index contributed by atoms with van der Waals surface area (Å²) in [5.74, 6) is 0.0511. The van der Waals surface area contributed by atoms with Gasteiger partial charge in [0.25, 0.3) is 0 Å². The number of carbonyl (C=O) groups is 1. The number of carbonyl (C=O) groups excluding carboxylic acids is 1. The highest BCUT2D eigenvalue weighted by atomic mass is 32.1. The fourth-order valence-electron chi connectivity index (χ4n) is 2.16. The van der Waals surface area contributed by atoms with E-state index in [1.165, 1.54) is 0 Å². The normalized spacial score (nSPS) is 11.3. The maximum atomic E-state index is 12.8. The van der Waals surface area contributed by atoms with E-state index in [9.17, 15) is 4.79 Å². The lowest BCUT2D eigenvalue weighted by molar-refractivity contribution is 0.105. The van der Waals surface area contributed by atoms with Gasteiger partial charge in [0.15, 0.2) is 5.78 Å². The van der Waals surface area contributed by atoms with Crippen LogP contribution in [0.25, 0.3) is 11.6 Å². The van der Waals surface area contributed by atoms with Gasteiger partial charge >= 0.3 is 0 Å². The molecule has 102 valence electrons. The number of benzene rings is 2. The number of rotatable bonds is 4. The highest BCUT2D eigenvalue weighted by molar-refractivity contribution is 7.11. The maximum Gasteiger partial charge on any atom is 0.193 e. The van der Waals surface area contributed by atoms with Crippen molar-refractivity contribution in [3.05, 3.63) is 94.2 Å². The first-order valence-electron chi connectivity index (χ1n) is 6.75. The van der Waals surface area contributed by atoms with Crippen LogP contribution in [0.3, 0.4) is 0 Å².